The summed E-state index contributed by atoms with van der Waals surface area (Å²) in [6, 6.07) is 8.08. The Kier molecular flexibility index (Phi) is 6.56. The summed E-state index contributed by atoms with van der Waals surface area (Å²) in [6.45, 7) is 8.64. The van der Waals surface area contributed by atoms with E-state index in [-0.39, 0.29) is 0 Å². The molecule has 0 fully saturated rings. The van der Waals surface area contributed by atoms with E-state index in [1.54, 1.807) is 0 Å². The zero-order valence-electron chi connectivity index (χ0n) is 11.0. The molecule has 1 atom stereocenters. The monoisotopic (exact) mass is 254 g/mol. The third-order valence-corrected chi connectivity index (χ3v) is 2.98. The highest BCUT2D eigenvalue weighted by molar-refractivity contribution is 6.30. The zero-order chi connectivity index (χ0) is 12.7. The normalized spacial score (nSPS) is 13.0. The zero-order valence-corrected chi connectivity index (χ0v) is 11.8. The molecule has 1 aromatic carbocycles. The number of benzene rings is 1. The lowest BCUT2D eigenvalue weighted by molar-refractivity contribution is 0.275. The lowest BCUT2D eigenvalue weighted by Crippen LogP contribution is -2.30. The number of nitrogens with one attached hydrogen (secondary N) is 1. The van der Waals surface area contributed by atoms with Crippen molar-refractivity contribution in [3.05, 3.63) is 34.9 Å². The Morgan fingerprint density at radius 2 is 1.94 bits per heavy atom. The summed E-state index contributed by atoms with van der Waals surface area (Å²) in [5.74, 6) is 0.673. The van der Waals surface area contributed by atoms with Crippen molar-refractivity contribution in [1.82, 2.24) is 10.2 Å². The molecule has 0 aliphatic carbocycles. The van der Waals surface area contributed by atoms with E-state index in [0.717, 1.165) is 31.2 Å². The van der Waals surface area contributed by atoms with Gasteiger partial charge in [0.05, 0.1) is 0 Å². The molecular formula is C14H23ClN2. The van der Waals surface area contributed by atoms with Crippen LogP contribution in [0.25, 0.3) is 0 Å². The van der Waals surface area contributed by atoms with Gasteiger partial charge in [-0.3, -0.25) is 0 Å². The minimum absolute atomic E-state index is 0.673. The Hall–Kier alpha value is -0.570. The number of halogens is 1. The van der Waals surface area contributed by atoms with E-state index in [0.29, 0.717) is 5.92 Å². The van der Waals surface area contributed by atoms with Gasteiger partial charge >= 0.3 is 0 Å². The molecule has 1 N–H and O–H groups in total. The molecule has 0 heterocycles. The summed E-state index contributed by atoms with van der Waals surface area (Å²) in [5, 5.41) is 4.18. The van der Waals surface area contributed by atoms with E-state index in [1.807, 2.05) is 12.1 Å². The van der Waals surface area contributed by atoms with E-state index in [1.165, 1.54) is 5.56 Å². The van der Waals surface area contributed by atoms with Crippen molar-refractivity contribution in [3.8, 4) is 0 Å². The van der Waals surface area contributed by atoms with Crippen molar-refractivity contribution in [2.75, 3.05) is 26.7 Å². The van der Waals surface area contributed by atoms with Gasteiger partial charge in [-0.2, -0.15) is 0 Å². The minimum Gasteiger partial charge on any atom is -0.317 e. The SMILES string of the molecule is CCNCC(C)CN(C)Cc1ccc(Cl)cc1. The number of hydrogen-bond acceptors (Lipinski definition) is 2. The van der Waals surface area contributed by atoms with Crippen molar-refractivity contribution >= 4 is 11.6 Å². The maximum absolute atomic E-state index is 5.87. The highest BCUT2D eigenvalue weighted by Gasteiger charge is 2.06. The third-order valence-electron chi connectivity index (χ3n) is 2.73. The quantitative estimate of drug-likeness (QED) is 0.805. The summed E-state index contributed by atoms with van der Waals surface area (Å²) in [6.07, 6.45) is 0. The van der Waals surface area contributed by atoms with Crippen molar-refractivity contribution < 1.29 is 0 Å². The van der Waals surface area contributed by atoms with Crippen molar-refractivity contribution in [2.45, 2.75) is 20.4 Å². The molecular weight excluding hydrogens is 232 g/mol. The van der Waals surface area contributed by atoms with Crippen LogP contribution < -0.4 is 5.32 Å². The molecule has 1 rings (SSSR count). The first-order valence-corrected chi connectivity index (χ1v) is 6.63. The van der Waals surface area contributed by atoms with Gasteiger partial charge in [0.2, 0.25) is 0 Å². The Morgan fingerprint density at radius 3 is 2.53 bits per heavy atom. The maximum Gasteiger partial charge on any atom is 0.0406 e. The minimum atomic E-state index is 0.673. The standard InChI is InChI=1S/C14H23ClN2/c1-4-16-9-12(2)10-17(3)11-13-5-7-14(15)8-6-13/h5-8,12,16H,4,9-11H2,1-3H3. The number of rotatable bonds is 7. The second-order valence-electron chi connectivity index (χ2n) is 4.74. The lowest BCUT2D eigenvalue weighted by atomic mass is 10.1. The molecule has 1 unspecified atom stereocenters. The molecule has 0 saturated heterocycles. The van der Waals surface area contributed by atoms with Gasteiger partial charge in [-0.25, -0.2) is 0 Å². The molecule has 0 spiro atoms. The van der Waals surface area contributed by atoms with Crippen LogP contribution in [-0.2, 0) is 6.54 Å². The summed E-state index contributed by atoms with van der Waals surface area (Å²) < 4.78 is 0. The summed E-state index contributed by atoms with van der Waals surface area (Å²) in [4.78, 5) is 2.35. The molecule has 0 aliphatic heterocycles. The first-order valence-electron chi connectivity index (χ1n) is 6.25. The highest BCUT2D eigenvalue weighted by Crippen LogP contribution is 2.11. The molecule has 0 saturated carbocycles. The van der Waals surface area contributed by atoms with Crippen LogP contribution in [0.15, 0.2) is 24.3 Å². The van der Waals surface area contributed by atoms with Gasteiger partial charge in [0.15, 0.2) is 0 Å². The van der Waals surface area contributed by atoms with Crippen LogP contribution in [-0.4, -0.2) is 31.6 Å². The van der Waals surface area contributed by atoms with E-state index in [2.05, 4.69) is 43.2 Å². The fourth-order valence-electron chi connectivity index (χ4n) is 1.95. The Balaban J connectivity index is 2.33. The lowest BCUT2D eigenvalue weighted by Gasteiger charge is -2.21. The smallest absolute Gasteiger partial charge is 0.0406 e. The maximum atomic E-state index is 5.87. The topological polar surface area (TPSA) is 15.3 Å². The number of nitrogens with zero attached hydrogens (tertiary/aromatic N) is 1. The van der Waals surface area contributed by atoms with E-state index in [9.17, 15) is 0 Å². The molecule has 17 heavy (non-hydrogen) atoms. The van der Waals surface area contributed by atoms with Crippen LogP contribution in [0, 0.1) is 5.92 Å². The van der Waals surface area contributed by atoms with Gasteiger partial charge in [-0.15, -0.1) is 0 Å². The molecule has 2 nitrogen and oxygen atoms in total. The Morgan fingerprint density at radius 1 is 1.29 bits per heavy atom. The first kappa shape index (κ1) is 14.5. The molecule has 96 valence electrons. The van der Waals surface area contributed by atoms with E-state index < -0.39 is 0 Å². The van der Waals surface area contributed by atoms with Crippen LogP contribution in [0.4, 0.5) is 0 Å². The molecule has 0 radical (unpaired) electrons. The molecule has 0 aliphatic rings. The Labute approximate surface area is 110 Å². The summed E-state index contributed by atoms with van der Waals surface area (Å²) in [5.41, 5.74) is 1.31. The number of hydrogen-bond donors (Lipinski definition) is 1. The first-order chi connectivity index (χ1) is 8.11. The van der Waals surface area contributed by atoms with Gasteiger partial charge in [0.25, 0.3) is 0 Å². The predicted molar refractivity (Wildman–Crippen MR) is 75.5 cm³/mol. The summed E-state index contributed by atoms with van der Waals surface area (Å²) in [7, 11) is 2.16. The average molecular weight is 255 g/mol. The largest absolute Gasteiger partial charge is 0.317 e. The van der Waals surface area contributed by atoms with Crippen LogP contribution in [0.5, 0.6) is 0 Å². The fraction of sp³-hybridized carbons (Fsp3) is 0.571. The summed E-state index contributed by atoms with van der Waals surface area (Å²) >= 11 is 5.87. The van der Waals surface area contributed by atoms with Crippen molar-refractivity contribution in [3.63, 3.8) is 0 Å². The second kappa shape index (κ2) is 7.70. The van der Waals surface area contributed by atoms with Crippen LogP contribution in [0.1, 0.15) is 19.4 Å². The van der Waals surface area contributed by atoms with Crippen molar-refractivity contribution in [2.24, 2.45) is 5.92 Å². The van der Waals surface area contributed by atoms with Crippen molar-refractivity contribution in [1.29, 1.82) is 0 Å². The average Bonchev–Trinajstić information content (AvgIpc) is 2.29. The van der Waals surface area contributed by atoms with Crippen LogP contribution in [0.3, 0.4) is 0 Å². The molecule has 1 aromatic rings. The van der Waals surface area contributed by atoms with E-state index in [4.69, 9.17) is 11.6 Å². The van der Waals surface area contributed by atoms with Crippen LogP contribution >= 0.6 is 11.6 Å². The molecule has 0 aromatic heterocycles. The fourth-order valence-corrected chi connectivity index (χ4v) is 2.08. The third kappa shape index (κ3) is 6.06. The molecule has 0 bridgehead atoms. The predicted octanol–water partition coefficient (Wildman–Crippen LogP) is 3.02. The Bertz CT molecular complexity index is 311. The van der Waals surface area contributed by atoms with E-state index >= 15 is 0 Å². The van der Waals surface area contributed by atoms with Gasteiger partial charge < -0.3 is 10.2 Å². The van der Waals surface area contributed by atoms with Crippen LogP contribution in [0.2, 0.25) is 5.02 Å². The van der Waals surface area contributed by atoms with Gasteiger partial charge in [-0.1, -0.05) is 37.6 Å². The highest BCUT2D eigenvalue weighted by atomic mass is 35.5. The molecule has 0 amide bonds. The second-order valence-corrected chi connectivity index (χ2v) is 5.17. The van der Waals surface area contributed by atoms with Gasteiger partial charge in [0.1, 0.15) is 0 Å². The molecule has 3 heteroatoms. The van der Waals surface area contributed by atoms with Gasteiger partial charge in [-0.05, 0) is 43.8 Å². The van der Waals surface area contributed by atoms with Gasteiger partial charge in [0, 0.05) is 18.1 Å².